The molecule has 0 aliphatic carbocycles. The maximum absolute atomic E-state index is 2.52. The van der Waals surface area contributed by atoms with Crippen LogP contribution in [0.3, 0.4) is 0 Å². The molecule has 4 radical (unpaired) electrons. The first-order valence-corrected chi connectivity index (χ1v) is 41.6. The molecule has 6 aromatic carbocycles. The first-order chi connectivity index (χ1) is 29.4. The fraction of sp³-hybridized carbons (Fsp3) is 0.357. The normalized spacial score (nSPS) is 11.3. The van der Waals surface area contributed by atoms with Crippen molar-refractivity contribution in [3.05, 3.63) is 192 Å². The molecule has 0 saturated heterocycles. The fourth-order valence-corrected chi connectivity index (χ4v) is 23.5. The third kappa shape index (κ3) is 18.9. The molecule has 6 rings (SSSR count). The Labute approximate surface area is 384 Å². The Morgan fingerprint density at radius 3 is 0.600 bits per heavy atom. The van der Waals surface area contributed by atoms with E-state index in [9.17, 15) is 0 Å². The molecule has 312 valence electrons. The van der Waals surface area contributed by atoms with Crippen molar-refractivity contribution >= 4 is 75.0 Å². The number of hydrogen-bond donors (Lipinski definition) is 0. The molecule has 0 N–H and O–H groups in total. The van der Waals surface area contributed by atoms with Crippen LogP contribution in [0.25, 0.3) is 0 Å². The van der Waals surface area contributed by atoms with Crippen LogP contribution < -0.4 is 17.6 Å². The van der Waals surface area contributed by atoms with E-state index in [1.165, 1.54) is 120 Å². The van der Waals surface area contributed by atoms with E-state index in [2.05, 4.69) is 193 Å². The molecule has 0 nitrogen and oxygen atoms in total. The van der Waals surface area contributed by atoms with E-state index < -0.39 is 57.4 Å². The third-order valence-electron chi connectivity index (χ3n) is 12.2. The van der Waals surface area contributed by atoms with E-state index in [1.807, 2.05) is 0 Å². The van der Waals surface area contributed by atoms with Crippen molar-refractivity contribution in [2.75, 3.05) is 0 Å². The van der Waals surface area contributed by atoms with Gasteiger partial charge in [-0.2, -0.15) is 0 Å². The second kappa shape index (κ2) is 29.0. The van der Waals surface area contributed by atoms with Crippen LogP contribution in [0.5, 0.6) is 0 Å². The van der Waals surface area contributed by atoms with Gasteiger partial charge < -0.3 is 0 Å². The molecule has 0 fully saturated rings. The van der Waals surface area contributed by atoms with Gasteiger partial charge in [-0.15, -0.1) is 0 Å². The molecule has 0 amide bonds. The number of unbranched alkanes of at least 4 members (excludes halogenated alkanes) is 4. The van der Waals surface area contributed by atoms with E-state index in [0.29, 0.717) is 0 Å². The molecule has 0 bridgehead atoms. The summed E-state index contributed by atoms with van der Waals surface area (Å²) >= 11 is -4.06. The van der Waals surface area contributed by atoms with Crippen molar-refractivity contribution in [3.63, 3.8) is 0 Å². The average molecular weight is 1040 g/mol. The maximum atomic E-state index is 2.52. The van der Waals surface area contributed by atoms with Crippen molar-refractivity contribution in [3.8, 4) is 0 Å². The Kier molecular flexibility index (Phi) is 23.4. The molecule has 4 heteroatoms. The first kappa shape index (κ1) is 48.5. The van der Waals surface area contributed by atoms with Crippen LogP contribution in [-0.2, 0) is 25.7 Å². The summed E-state index contributed by atoms with van der Waals surface area (Å²) < 4.78 is 6.57. The zero-order chi connectivity index (χ0) is 42.0. The van der Waals surface area contributed by atoms with E-state index in [0.717, 1.165) is 0 Å². The van der Waals surface area contributed by atoms with Crippen LogP contribution in [0.2, 0.25) is 44.0 Å². The van der Waals surface area contributed by atoms with Crippen LogP contribution in [0, 0.1) is 0 Å². The van der Waals surface area contributed by atoms with Gasteiger partial charge in [0.2, 0.25) is 0 Å². The molecule has 0 spiro atoms. The first-order valence-electron chi connectivity index (χ1n) is 23.1. The summed E-state index contributed by atoms with van der Waals surface area (Å²) in [6.07, 6.45) is 15.8. The summed E-state index contributed by atoms with van der Waals surface area (Å²) in [6, 6.07) is 63.7. The Morgan fingerprint density at radius 1 is 0.233 bits per heavy atom. The van der Waals surface area contributed by atoms with Crippen molar-refractivity contribution in [2.45, 2.75) is 121 Å². The molecule has 0 saturated carbocycles. The van der Waals surface area contributed by atoms with Gasteiger partial charge in [0.1, 0.15) is 0 Å². The van der Waals surface area contributed by atoms with Crippen LogP contribution in [0.1, 0.15) is 73.6 Å². The predicted octanol–water partition coefficient (Wildman–Crippen LogP) is 12.8. The summed E-state index contributed by atoms with van der Waals surface area (Å²) in [5.74, 6) is 10.1. The summed E-state index contributed by atoms with van der Waals surface area (Å²) in [6.45, 7) is 0. The Morgan fingerprint density at radius 2 is 0.417 bits per heavy atom. The quantitative estimate of drug-likeness (QED) is 0.0419. The van der Waals surface area contributed by atoms with Gasteiger partial charge in [-0.05, 0) is 0 Å². The molecule has 0 heterocycles. The van der Waals surface area contributed by atoms with Gasteiger partial charge in [0.15, 0.2) is 0 Å². The van der Waals surface area contributed by atoms with Gasteiger partial charge in [-0.1, -0.05) is 0 Å². The molecule has 0 atom stereocenters. The second-order valence-electron chi connectivity index (χ2n) is 17.0. The van der Waals surface area contributed by atoms with Gasteiger partial charge in [-0.3, -0.25) is 0 Å². The molecule has 0 aromatic heterocycles. The minimum atomic E-state index is -1.02. The third-order valence-corrected chi connectivity index (χ3v) is 32.5. The van der Waals surface area contributed by atoms with Crippen molar-refractivity contribution in [1.29, 1.82) is 0 Å². The molecular weight excluding hydrogens is 963 g/mol. The summed E-state index contributed by atoms with van der Waals surface area (Å²) in [5, 5.41) is 5.81. The van der Waals surface area contributed by atoms with Crippen LogP contribution in [0.4, 0.5) is 0 Å². The molecular formula is C56H72Ge4. The summed E-state index contributed by atoms with van der Waals surface area (Å²) in [7, 11) is 0. The number of benzene rings is 6. The number of aryl methyl sites for hydroxylation is 4. The second-order valence-corrected chi connectivity index (χ2v) is 39.2. The number of rotatable bonds is 24. The van der Waals surface area contributed by atoms with Gasteiger partial charge in [0, 0.05) is 0 Å². The summed E-state index contributed by atoms with van der Waals surface area (Å²) in [4.78, 5) is 0. The van der Waals surface area contributed by atoms with Crippen molar-refractivity contribution in [1.82, 2.24) is 0 Å². The average Bonchev–Trinajstić information content (AvgIpc) is 3.31. The van der Waals surface area contributed by atoms with Gasteiger partial charge in [-0.25, -0.2) is 0 Å². The number of hydrogen-bond acceptors (Lipinski definition) is 0. The fourth-order valence-electron chi connectivity index (χ4n) is 8.09. The SMILES string of the molecule is [CH3][Ge]([CH2]CCCc1ccc(CCC[CH2][Ge]([CH3])[c]2ccccc2)cc1)[c]1ccccc1.[CH3][Ge]([CH2]CCCc1ccc(CCC[CH2][Ge]([CH3])[c]2ccccc2)cc1)[c]1ccccc1. The molecule has 0 aliphatic rings. The zero-order valence-electron chi connectivity index (χ0n) is 37.5. The van der Waals surface area contributed by atoms with Crippen LogP contribution in [0.15, 0.2) is 170 Å². The Balaban J connectivity index is 0.000000228. The molecule has 60 heavy (non-hydrogen) atoms. The zero-order valence-corrected chi connectivity index (χ0v) is 45.9. The van der Waals surface area contributed by atoms with E-state index >= 15 is 0 Å². The predicted molar refractivity (Wildman–Crippen MR) is 275 cm³/mol. The topological polar surface area (TPSA) is 0 Å². The van der Waals surface area contributed by atoms with Gasteiger partial charge in [0.25, 0.3) is 0 Å². The van der Waals surface area contributed by atoms with E-state index in [-0.39, 0.29) is 0 Å². The van der Waals surface area contributed by atoms with Gasteiger partial charge >= 0.3 is 388 Å². The van der Waals surface area contributed by atoms with Crippen LogP contribution >= 0.6 is 0 Å². The van der Waals surface area contributed by atoms with E-state index in [1.54, 1.807) is 17.6 Å². The minimum absolute atomic E-state index is 1.02. The standard InChI is InChI=1S/2C28H36Ge2/c2*1-29(27-15-5-3-6-16-27)23-11-9-13-25-19-21-26(22-20-25)14-10-12-24-30(2)28-17-7-4-8-18-28/h2*3-8,15-22H,9-14,23-24H2,1-2H3. The Bertz CT molecular complexity index is 1660. The molecule has 0 unspecified atom stereocenters. The molecule has 6 aromatic rings. The summed E-state index contributed by atoms with van der Waals surface area (Å²) in [5.41, 5.74) is 6.07. The van der Waals surface area contributed by atoms with E-state index in [4.69, 9.17) is 0 Å². The van der Waals surface area contributed by atoms with Crippen molar-refractivity contribution in [2.24, 2.45) is 0 Å². The van der Waals surface area contributed by atoms with Crippen molar-refractivity contribution < 1.29 is 0 Å². The molecule has 0 aliphatic heterocycles. The van der Waals surface area contributed by atoms with Crippen LogP contribution in [-0.4, -0.2) is 57.4 Å². The van der Waals surface area contributed by atoms with Gasteiger partial charge in [0.05, 0.1) is 0 Å². The monoisotopic (exact) mass is 1040 g/mol. The Hall–Kier alpha value is -2.51.